The van der Waals surface area contributed by atoms with Gasteiger partial charge in [-0.15, -0.1) is 0 Å². The lowest BCUT2D eigenvalue weighted by molar-refractivity contribution is -0.124. The highest BCUT2D eigenvalue weighted by atomic mass is 16.5. The number of benzene rings is 1. The monoisotopic (exact) mass is 464 g/mol. The van der Waals surface area contributed by atoms with Crippen molar-refractivity contribution in [2.24, 2.45) is 5.92 Å². The second-order valence-electron chi connectivity index (χ2n) is 8.78. The van der Waals surface area contributed by atoms with Gasteiger partial charge >= 0.3 is 0 Å². The maximum Gasteiger partial charge on any atom is 0.222 e. The van der Waals surface area contributed by atoms with Crippen LogP contribution in [0.1, 0.15) is 51.0 Å². The molecule has 0 radical (unpaired) electrons. The average Bonchev–Trinajstić information content (AvgIpc) is 2.84. The van der Waals surface area contributed by atoms with Gasteiger partial charge in [-0.25, -0.2) is 0 Å². The van der Waals surface area contributed by atoms with Crippen molar-refractivity contribution in [3.63, 3.8) is 0 Å². The van der Waals surface area contributed by atoms with E-state index in [0.717, 1.165) is 89.4 Å². The zero-order chi connectivity index (χ0) is 23.7. The number of nitrogens with zero attached hydrogens (tertiary/aromatic N) is 1. The molecule has 188 valence electrons. The fourth-order valence-electron chi connectivity index (χ4n) is 3.98. The molecule has 1 aliphatic rings. The van der Waals surface area contributed by atoms with Crippen molar-refractivity contribution < 1.29 is 23.7 Å². The summed E-state index contributed by atoms with van der Waals surface area (Å²) in [6, 6.07) is 6.19. The number of amides is 1. The molecule has 0 spiro atoms. The minimum Gasteiger partial charge on any atom is -0.493 e. The molecule has 0 aliphatic carbocycles. The van der Waals surface area contributed by atoms with Gasteiger partial charge in [0, 0.05) is 52.2 Å². The Bertz CT molecular complexity index is 664. The topological polar surface area (TPSA) is 69.3 Å². The Kier molecular flexibility index (Phi) is 13.9. The van der Waals surface area contributed by atoms with E-state index in [9.17, 15) is 4.79 Å². The number of hydrogen-bond acceptors (Lipinski definition) is 6. The zero-order valence-electron chi connectivity index (χ0n) is 20.9. The third-order valence-electron chi connectivity index (χ3n) is 6.11. The molecule has 1 saturated heterocycles. The van der Waals surface area contributed by atoms with E-state index >= 15 is 0 Å². The van der Waals surface area contributed by atoms with Crippen LogP contribution in [0.4, 0.5) is 0 Å². The van der Waals surface area contributed by atoms with E-state index in [4.69, 9.17) is 18.9 Å². The summed E-state index contributed by atoms with van der Waals surface area (Å²) < 4.78 is 21.7. The first kappa shape index (κ1) is 27.4. The third-order valence-corrected chi connectivity index (χ3v) is 6.11. The second-order valence-corrected chi connectivity index (χ2v) is 8.78. The van der Waals surface area contributed by atoms with Crippen molar-refractivity contribution in [1.82, 2.24) is 10.2 Å². The number of hydrogen-bond donors (Lipinski definition) is 1. The van der Waals surface area contributed by atoms with Gasteiger partial charge < -0.3 is 24.3 Å². The molecular formula is C26H44N2O5. The van der Waals surface area contributed by atoms with Crippen LogP contribution in [0, 0.1) is 5.92 Å². The Morgan fingerprint density at radius 2 is 1.85 bits per heavy atom. The minimum absolute atomic E-state index is 0.0779. The van der Waals surface area contributed by atoms with E-state index in [2.05, 4.69) is 22.3 Å². The number of aryl methyl sites for hydroxylation is 1. The van der Waals surface area contributed by atoms with Crippen molar-refractivity contribution in [1.29, 1.82) is 0 Å². The predicted octanol–water partition coefficient (Wildman–Crippen LogP) is 3.69. The molecule has 1 aromatic rings. The van der Waals surface area contributed by atoms with Gasteiger partial charge in [0.25, 0.3) is 0 Å². The number of rotatable bonds is 17. The molecule has 7 heteroatoms. The molecule has 1 aromatic carbocycles. The van der Waals surface area contributed by atoms with Gasteiger partial charge in [-0.1, -0.05) is 32.3 Å². The molecule has 1 aliphatic heterocycles. The third kappa shape index (κ3) is 11.2. The fraction of sp³-hybridized carbons (Fsp3) is 0.731. The number of nitrogens with one attached hydrogen (secondary N) is 1. The lowest BCUT2D eigenvalue weighted by Gasteiger charge is -2.26. The molecule has 1 fully saturated rings. The Labute approximate surface area is 200 Å². The van der Waals surface area contributed by atoms with Gasteiger partial charge in [0.05, 0.1) is 26.9 Å². The zero-order valence-corrected chi connectivity index (χ0v) is 20.9. The molecule has 33 heavy (non-hydrogen) atoms. The van der Waals surface area contributed by atoms with Crippen LogP contribution in [0.2, 0.25) is 0 Å². The summed E-state index contributed by atoms with van der Waals surface area (Å²) in [4.78, 5) is 14.6. The van der Waals surface area contributed by atoms with Gasteiger partial charge in [-0.3, -0.25) is 9.69 Å². The van der Waals surface area contributed by atoms with Gasteiger partial charge in [0.1, 0.15) is 0 Å². The van der Waals surface area contributed by atoms with Crippen molar-refractivity contribution in [2.75, 3.05) is 66.8 Å². The van der Waals surface area contributed by atoms with Gasteiger partial charge in [-0.2, -0.15) is 0 Å². The molecule has 2 rings (SSSR count). The van der Waals surface area contributed by atoms with E-state index in [-0.39, 0.29) is 11.8 Å². The molecular weight excluding hydrogens is 420 g/mol. The summed E-state index contributed by atoms with van der Waals surface area (Å²) in [6.07, 6.45) is 7.38. The molecule has 7 nitrogen and oxygen atoms in total. The van der Waals surface area contributed by atoms with Crippen LogP contribution in [-0.4, -0.2) is 77.6 Å². The quantitative estimate of drug-likeness (QED) is 0.355. The summed E-state index contributed by atoms with van der Waals surface area (Å²) in [5.74, 6) is 1.83. The van der Waals surface area contributed by atoms with Crippen LogP contribution in [-0.2, 0) is 20.7 Å². The van der Waals surface area contributed by atoms with Crippen molar-refractivity contribution in [3.8, 4) is 11.5 Å². The largest absolute Gasteiger partial charge is 0.493 e. The minimum atomic E-state index is 0.0779. The van der Waals surface area contributed by atoms with E-state index in [0.29, 0.717) is 13.2 Å². The van der Waals surface area contributed by atoms with Crippen LogP contribution < -0.4 is 14.8 Å². The van der Waals surface area contributed by atoms with Gasteiger partial charge in [0.2, 0.25) is 5.91 Å². The van der Waals surface area contributed by atoms with Crippen LogP contribution >= 0.6 is 0 Å². The molecule has 0 aromatic heterocycles. The number of unbranched alkanes of at least 4 members (excludes halogenated alkanes) is 3. The summed E-state index contributed by atoms with van der Waals surface area (Å²) in [5, 5.41) is 3.09. The smallest absolute Gasteiger partial charge is 0.222 e. The summed E-state index contributed by atoms with van der Waals surface area (Å²) in [5.41, 5.74) is 1.27. The van der Waals surface area contributed by atoms with Crippen LogP contribution in [0.25, 0.3) is 0 Å². The normalized spacial score (nSPS) is 15.2. The highest BCUT2D eigenvalue weighted by molar-refractivity contribution is 5.78. The van der Waals surface area contributed by atoms with Crippen LogP contribution in [0.5, 0.6) is 11.5 Å². The lowest BCUT2D eigenvalue weighted by atomic mass is 10.00. The lowest BCUT2D eigenvalue weighted by Crippen LogP contribution is -2.42. The standard InChI is InChI=1S/C26H44N2O5/c1-22(26(29)27-13-14-28-15-19-32-20-16-28)9-6-4-5-7-10-23-11-12-24(31-3)25(21-23)33-18-8-17-30-2/h11-12,21-22H,4-10,13-20H2,1-3H3,(H,27,29)/t22-/m1/s1. The SMILES string of the molecule is COCCCOc1cc(CCCCCC[C@@H](C)C(=O)NCCN2CCOCC2)ccc1OC. The van der Waals surface area contributed by atoms with Gasteiger partial charge in [0.15, 0.2) is 11.5 Å². The Hall–Kier alpha value is -1.83. The molecule has 1 heterocycles. The van der Waals surface area contributed by atoms with Crippen LogP contribution in [0.3, 0.4) is 0 Å². The van der Waals surface area contributed by atoms with E-state index in [1.165, 1.54) is 12.0 Å². The van der Waals surface area contributed by atoms with Gasteiger partial charge in [-0.05, 0) is 37.0 Å². The van der Waals surface area contributed by atoms with E-state index in [1.807, 2.05) is 13.0 Å². The average molecular weight is 465 g/mol. The van der Waals surface area contributed by atoms with Crippen molar-refractivity contribution >= 4 is 5.91 Å². The van der Waals surface area contributed by atoms with Crippen LogP contribution in [0.15, 0.2) is 18.2 Å². The molecule has 1 N–H and O–H groups in total. The summed E-state index contributed by atoms with van der Waals surface area (Å²) >= 11 is 0. The highest BCUT2D eigenvalue weighted by Crippen LogP contribution is 2.29. The Morgan fingerprint density at radius 3 is 2.61 bits per heavy atom. The maximum absolute atomic E-state index is 12.3. The number of ether oxygens (including phenoxy) is 4. The summed E-state index contributed by atoms with van der Waals surface area (Å²) in [6.45, 7) is 8.50. The Balaban J connectivity index is 1.56. The second kappa shape index (κ2) is 16.7. The van der Waals surface area contributed by atoms with E-state index < -0.39 is 0 Å². The molecule has 0 saturated carbocycles. The Morgan fingerprint density at radius 1 is 1.06 bits per heavy atom. The molecule has 1 amide bonds. The van der Waals surface area contributed by atoms with Crippen molar-refractivity contribution in [3.05, 3.63) is 23.8 Å². The molecule has 0 unspecified atom stereocenters. The first-order valence-electron chi connectivity index (χ1n) is 12.5. The first-order valence-corrected chi connectivity index (χ1v) is 12.5. The predicted molar refractivity (Wildman–Crippen MR) is 131 cm³/mol. The summed E-state index contributed by atoms with van der Waals surface area (Å²) in [7, 11) is 3.37. The number of morpholine rings is 1. The van der Waals surface area contributed by atoms with E-state index in [1.54, 1.807) is 14.2 Å². The maximum atomic E-state index is 12.3. The number of carbonyl (C=O) groups excluding carboxylic acids is 1. The van der Waals surface area contributed by atoms with Crippen molar-refractivity contribution in [2.45, 2.75) is 51.9 Å². The first-order chi connectivity index (χ1) is 16.1. The number of methoxy groups -OCH3 is 2. The highest BCUT2D eigenvalue weighted by Gasteiger charge is 2.14. The number of carbonyl (C=O) groups is 1. The fourth-order valence-corrected chi connectivity index (χ4v) is 3.98. The molecule has 1 atom stereocenters. The molecule has 0 bridgehead atoms.